The van der Waals surface area contributed by atoms with Crippen molar-refractivity contribution in [1.29, 1.82) is 0 Å². The van der Waals surface area contributed by atoms with Crippen molar-refractivity contribution in [2.24, 2.45) is 0 Å². The van der Waals surface area contributed by atoms with Crippen molar-refractivity contribution in [3.8, 4) is 0 Å². The Bertz CT molecular complexity index is 481. The Balaban J connectivity index is 2.75. The highest BCUT2D eigenvalue weighted by molar-refractivity contribution is 7.89. The predicted molar refractivity (Wildman–Crippen MR) is 70.8 cm³/mol. The number of aryl methyl sites for hydroxylation is 1. The summed E-state index contributed by atoms with van der Waals surface area (Å²) in [6.07, 6.45) is 5.40. The third-order valence-electron chi connectivity index (χ3n) is 2.52. The maximum atomic E-state index is 12.1. The minimum atomic E-state index is -3.45. The molecule has 0 bridgehead atoms. The van der Waals surface area contributed by atoms with Crippen LogP contribution in [0.3, 0.4) is 0 Å². The Labute approximate surface area is 108 Å². The van der Waals surface area contributed by atoms with E-state index in [9.17, 15) is 8.42 Å². The maximum Gasteiger partial charge on any atom is 0.246 e. The van der Waals surface area contributed by atoms with Gasteiger partial charge < -0.3 is 5.32 Å². The molecule has 7 heteroatoms. The molecular weight excluding hydrogens is 252 g/mol. The van der Waals surface area contributed by atoms with E-state index in [2.05, 4.69) is 17.0 Å². The van der Waals surface area contributed by atoms with Crippen molar-refractivity contribution in [2.45, 2.75) is 17.9 Å². The number of nitrogens with one attached hydrogen (secondary N) is 1. The van der Waals surface area contributed by atoms with E-state index in [4.69, 9.17) is 0 Å². The summed E-state index contributed by atoms with van der Waals surface area (Å²) in [6, 6.07) is 0. The van der Waals surface area contributed by atoms with E-state index in [1.54, 1.807) is 17.0 Å². The molecule has 102 valence electrons. The molecule has 0 amide bonds. The molecular formula is C11H20N4O2S. The molecule has 0 atom stereocenters. The normalized spacial score (nSPS) is 11.9. The van der Waals surface area contributed by atoms with Crippen LogP contribution in [0.4, 0.5) is 0 Å². The smallest absolute Gasteiger partial charge is 0.246 e. The summed E-state index contributed by atoms with van der Waals surface area (Å²) in [4.78, 5) is 0.219. The first-order valence-electron chi connectivity index (χ1n) is 5.76. The number of aromatic nitrogens is 2. The van der Waals surface area contributed by atoms with Gasteiger partial charge in [0.2, 0.25) is 10.0 Å². The Morgan fingerprint density at radius 1 is 1.61 bits per heavy atom. The molecule has 6 nitrogen and oxygen atoms in total. The zero-order chi connectivity index (χ0) is 13.6. The van der Waals surface area contributed by atoms with Crippen LogP contribution in [-0.4, -0.2) is 49.7 Å². The average molecular weight is 272 g/mol. The van der Waals surface area contributed by atoms with Crippen LogP contribution in [0.1, 0.15) is 6.42 Å². The Morgan fingerprint density at radius 3 is 2.94 bits per heavy atom. The van der Waals surface area contributed by atoms with E-state index in [1.807, 2.05) is 7.05 Å². The van der Waals surface area contributed by atoms with E-state index in [0.717, 1.165) is 13.0 Å². The molecule has 0 aromatic carbocycles. The highest BCUT2D eigenvalue weighted by atomic mass is 32.2. The number of hydrogen-bond donors (Lipinski definition) is 1. The molecule has 1 heterocycles. The first-order valence-corrected chi connectivity index (χ1v) is 7.20. The Kier molecular flexibility index (Phi) is 5.52. The molecule has 1 aromatic rings. The first kappa shape index (κ1) is 14.9. The molecule has 0 radical (unpaired) electrons. The molecule has 0 spiro atoms. The number of hydrogen-bond acceptors (Lipinski definition) is 4. The molecule has 0 aliphatic carbocycles. The lowest BCUT2D eigenvalue weighted by Crippen LogP contribution is -2.26. The zero-order valence-electron chi connectivity index (χ0n) is 10.8. The van der Waals surface area contributed by atoms with Crippen LogP contribution in [0.15, 0.2) is 29.9 Å². The van der Waals surface area contributed by atoms with Gasteiger partial charge in [-0.3, -0.25) is 4.68 Å². The van der Waals surface area contributed by atoms with Gasteiger partial charge in [0.15, 0.2) is 0 Å². The largest absolute Gasteiger partial charge is 0.320 e. The van der Waals surface area contributed by atoms with Crippen LogP contribution in [0, 0.1) is 0 Å². The van der Waals surface area contributed by atoms with Gasteiger partial charge in [0.05, 0.1) is 6.20 Å². The van der Waals surface area contributed by atoms with Crippen LogP contribution >= 0.6 is 0 Å². The molecule has 1 rings (SSSR count). The third kappa shape index (κ3) is 3.66. The van der Waals surface area contributed by atoms with Gasteiger partial charge in [-0.2, -0.15) is 9.40 Å². The molecule has 0 aliphatic heterocycles. The second-order valence-electron chi connectivity index (χ2n) is 3.97. The highest BCUT2D eigenvalue weighted by Gasteiger charge is 2.21. The first-order chi connectivity index (χ1) is 8.52. The molecule has 0 aliphatic rings. The van der Waals surface area contributed by atoms with Gasteiger partial charge in [0.1, 0.15) is 4.90 Å². The Hall–Kier alpha value is -1.18. The number of sulfonamides is 1. The fourth-order valence-corrected chi connectivity index (χ4v) is 2.57. The summed E-state index contributed by atoms with van der Waals surface area (Å²) in [5.41, 5.74) is 0. The fourth-order valence-electron chi connectivity index (χ4n) is 1.48. The van der Waals surface area contributed by atoms with Crippen LogP contribution in [0.2, 0.25) is 0 Å². The number of likely N-dealkylation sites (N-methyl/N-ethyl adjacent to an activating group) is 1. The van der Waals surface area contributed by atoms with Crippen molar-refractivity contribution >= 4 is 10.0 Å². The number of rotatable bonds is 8. The second kappa shape index (κ2) is 6.67. The van der Waals surface area contributed by atoms with Crippen LogP contribution in [0.5, 0.6) is 0 Å². The Morgan fingerprint density at radius 2 is 2.33 bits per heavy atom. The SMILES string of the molecule is C=CCN(C)S(=O)(=O)c1cnn(CCCNC)c1. The predicted octanol–water partition coefficient (Wildman–Crippen LogP) is 0.299. The van der Waals surface area contributed by atoms with Crippen LogP contribution < -0.4 is 5.32 Å². The molecule has 0 saturated carbocycles. The highest BCUT2D eigenvalue weighted by Crippen LogP contribution is 2.13. The van der Waals surface area contributed by atoms with E-state index in [-0.39, 0.29) is 11.4 Å². The molecule has 1 aromatic heterocycles. The maximum absolute atomic E-state index is 12.1. The molecule has 0 fully saturated rings. The minimum absolute atomic E-state index is 0.219. The minimum Gasteiger partial charge on any atom is -0.320 e. The van der Waals surface area contributed by atoms with Crippen LogP contribution in [-0.2, 0) is 16.6 Å². The molecule has 1 N–H and O–H groups in total. The summed E-state index contributed by atoms with van der Waals surface area (Å²) in [7, 11) is -0.0464. The van der Waals surface area contributed by atoms with Crippen molar-refractivity contribution in [1.82, 2.24) is 19.4 Å². The van der Waals surface area contributed by atoms with Crippen molar-refractivity contribution < 1.29 is 8.42 Å². The van der Waals surface area contributed by atoms with E-state index in [0.29, 0.717) is 6.54 Å². The molecule has 0 saturated heterocycles. The molecule has 0 unspecified atom stereocenters. The molecule has 18 heavy (non-hydrogen) atoms. The topological polar surface area (TPSA) is 67.2 Å². The lowest BCUT2D eigenvalue weighted by molar-refractivity contribution is 0.499. The van der Waals surface area contributed by atoms with E-state index in [1.165, 1.54) is 17.5 Å². The van der Waals surface area contributed by atoms with Crippen molar-refractivity contribution in [2.75, 3.05) is 27.2 Å². The van der Waals surface area contributed by atoms with Crippen molar-refractivity contribution in [3.05, 3.63) is 25.0 Å². The van der Waals surface area contributed by atoms with Crippen molar-refractivity contribution in [3.63, 3.8) is 0 Å². The van der Waals surface area contributed by atoms with Crippen LogP contribution in [0.25, 0.3) is 0 Å². The summed E-state index contributed by atoms with van der Waals surface area (Å²) in [5.74, 6) is 0. The number of nitrogens with zero attached hydrogens (tertiary/aromatic N) is 3. The quantitative estimate of drug-likeness (QED) is 0.546. The van der Waals surface area contributed by atoms with Gasteiger partial charge in [0, 0.05) is 26.3 Å². The summed E-state index contributed by atoms with van der Waals surface area (Å²) in [6.45, 7) is 5.38. The lowest BCUT2D eigenvalue weighted by Gasteiger charge is -2.13. The monoisotopic (exact) mass is 272 g/mol. The van der Waals surface area contributed by atoms with Gasteiger partial charge in [-0.25, -0.2) is 8.42 Å². The van der Waals surface area contributed by atoms with E-state index < -0.39 is 10.0 Å². The van der Waals surface area contributed by atoms with Gasteiger partial charge in [0.25, 0.3) is 0 Å². The van der Waals surface area contributed by atoms with Gasteiger partial charge in [-0.1, -0.05) is 6.08 Å². The van der Waals surface area contributed by atoms with E-state index >= 15 is 0 Å². The summed E-state index contributed by atoms with van der Waals surface area (Å²) < 4.78 is 27.0. The standard InChI is InChI=1S/C11H20N4O2S/c1-4-7-14(3)18(16,17)11-9-13-15(10-11)8-5-6-12-2/h4,9-10,12H,1,5-8H2,2-3H3. The lowest BCUT2D eigenvalue weighted by atomic mass is 10.4. The zero-order valence-corrected chi connectivity index (χ0v) is 11.7. The summed E-state index contributed by atoms with van der Waals surface area (Å²) in [5, 5.41) is 7.09. The fraction of sp³-hybridized carbons (Fsp3) is 0.545. The summed E-state index contributed by atoms with van der Waals surface area (Å²) >= 11 is 0. The van der Waals surface area contributed by atoms with Gasteiger partial charge in [-0.15, -0.1) is 6.58 Å². The third-order valence-corrected chi connectivity index (χ3v) is 4.29. The van der Waals surface area contributed by atoms with Gasteiger partial charge >= 0.3 is 0 Å². The second-order valence-corrected chi connectivity index (χ2v) is 6.02. The average Bonchev–Trinajstić information content (AvgIpc) is 2.79. The van der Waals surface area contributed by atoms with Gasteiger partial charge in [-0.05, 0) is 20.0 Å².